The van der Waals surface area contributed by atoms with Gasteiger partial charge in [-0.05, 0) is 37.1 Å². The van der Waals surface area contributed by atoms with Crippen LogP contribution in [0, 0.1) is 0 Å². The van der Waals surface area contributed by atoms with Crippen LogP contribution in [0.4, 0.5) is 0 Å². The molecular weight excluding hydrogens is 362 g/mol. The number of hydrogen-bond donors (Lipinski definition) is 1. The summed E-state index contributed by atoms with van der Waals surface area (Å²) < 4.78 is 4.27. The number of rotatable bonds is 3. The first-order valence-corrected chi connectivity index (χ1v) is 10.7. The van der Waals surface area contributed by atoms with Crippen LogP contribution in [0.3, 0.4) is 0 Å². The van der Waals surface area contributed by atoms with E-state index in [-0.39, 0.29) is 5.56 Å². The van der Waals surface area contributed by atoms with Crippen molar-refractivity contribution in [2.24, 2.45) is 0 Å². The fourth-order valence-corrected chi connectivity index (χ4v) is 6.11. The summed E-state index contributed by atoms with van der Waals surface area (Å²) >= 11 is 3.40. The van der Waals surface area contributed by atoms with Gasteiger partial charge in [-0.1, -0.05) is 35.8 Å². The van der Waals surface area contributed by atoms with Crippen molar-refractivity contribution in [2.45, 2.75) is 32.0 Å². The number of nitrogens with one attached hydrogen (secondary N) is 1. The molecule has 2 atom stereocenters. The van der Waals surface area contributed by atoms with Crippen LogP contribution in [0.25, 0.3) is 20.3 Å². The van der Waals surface area contributed by atoms with Gasteiger partial charge in [0.05, 0.1) is 26.8 Å². The molecule has 0 aliphatic carbocycles. The molecule has 0 spiro atoms. The second-order valence-corrected chi connectivity index (χ2v) is 9.03. The molecule has 2 aromatic carbocycles. The zero-order valence-corrected chi connectivity index (χ0v) is 16.0. The highest BCUT2D eigenvalue weighted by molar-refractivity contribution is 7.18. The van der Waals surface area contributed by atoms with Crippen LogP contribution in [-0.4, -0.2) is 15.5 Å². The van der Waals surface area contributed by atoms with E-state index in [1.54, 1.807) is 11.5 Å². The van der Waals surface area contributed by atoms with Gasteiger partial charge in [0.1, 0.15) is 6.04 Å². The Labute approximate surface area is 159 Å². The van der Waals surface area contributed by atoms with Gasteiger partial charge >= 0.3 is 0 Å². The molecular formula is C20H20N3OS2+. The summed E-state index contributed by atoms with van der Waals surface area (Å²) in [4.78, 5) is 19.1. The average molecular weight is 383 g/mol. The molecule has 132 valence electrons. The number of benzene rings is 2. The molecule has 5 rings (SSSR count). The van der Waals surface area contributed by atoms with Crippen LogP contribution in [-0.2, 0) is 6.67 Å². The Bertz CT molecular complexity index is 1090. The molecule has 1 aliphatic heterocycles. The molecule has 0 amide bonds. The number of hydrogen-bond acceptors (Lipinski definition) is 4. The Hall–Kier alpha value is -2.02. The summed E-state index contributed by atoms with van der Waals surface area (Å²) in [7, 11) is 0. The maximum atomic E-state index is 12.7. The molecule has 1 unspecified atom stereocenters. The highest BCUT2D eigenvalue weighted by Crippen LogP contribution is 2.28. The van der Waals surface area contributed by atoms with E-state index in [4.69, 9.17) is 4.98 Å². The number of aromatic nitrogens is 2. The van der Waals surface area contributed by atoms with Crippen molar-refractivity contribution in [3.05, 3.63) is 63.9 Å². The minimum atomic E-state index is 0.145. The number of thiazole rings is 1. The molecule has 4 aromatic rings. The first-order chi connectivity index (χ1) is 12.8. The number of fused-ring (bicyclic) bond motifs is 2. The third-order valence-corrected chi connectivity index (χ3v) is 7.46. The first-order valence-electron chi connectivity index (χ1n) is 9.08. The van der Waals surface area contributed by atoms with Gasteiger partial charge in [-0.2, -0.15) is 0 Å². The monoisotopic (exact) mass is 382 g/mol. The van der Waals surface area contributed by atoms with E-state index in [1.807, 2.05) is 45.6 Å². The molecule has 26 heavy (non-hydrogen) atoms. The van der Waals surface area contributed by atoms with Crippen molar-refractivity contribution in [3.8, 4) is 0 Å². The van der Waals surface area contributed by atoms with Crippen LogP contribution < -0.4 is 10.5 Å². The highest BCUT2D eigenvalue weighted by Gasteiger charge is 2.31. The summed E-state index contributed by atoms with van der Waals surface area (Å²) in [6.45, 7) is 1.83. The lowest BCUT2D eigenvalue weighted by Gasteiger charge is -2.30. The van der Waals surface area contributed by atoms with Crippen molar-refractivity contribution >= 4 is 43.2 Å². The van der Waals surface area contributed by atoms with E-state index in [1.165, 1.54) is 27.4 Å². The second-order valence-electron chi connectivity index (χ2n) is 6.91. The number of nitrogens with zero attached hydrogens (tertiary/aromatic N) is 2. The third kappa shape index (κ3) is 2.78. The predicted molar refractivity (Wildman–Crippen MR) is 108 cm³/mol. The van der Waals surface area contributed by atoms with Gasteiger partial charge in [0, 0.05) is 6.42 Å². The SMILES string of the molecule is O=c1c2ccccc2sn1C[NH+]1CCCC[C@@H]1c1nc2ccccc2s1. The van der Waals surface area contributed by atoms with Crippen LogP contribution in [0.15, 0.2) is 53.3 Å². The maximum absolute atomic E-state index is 12.7. The van der Waals surface area contributed by atoms with Crippen molar-refractivity contribution in [3.63, 3.8) is 0 Å². The fourth-order valence-electron chi connectivity index (χ4n) is 3.91. The minimum absolute atomic E-state index is 0.145. The quantitative estimate of drug-likeness (QED) is 0.590. The predicted octanol–water partition coefficient (Wildman–Crippen LogP) is 3.44. The van der Waals surface area contributed by atoms with Crippen LogP contribution in [0.2, 0.25) is 0 Å². The number of para-hydroxylation sites is 1. The summed E-state index contributed by atoms with van der Waals surface area (Å²) in [6, 6.07) is 16.7. The minimum Gasteiger partial charge on any atom is -0.309 e. The molecule has 1 aliphatic rings. The summed E-state index contributed by atoms with van der Waals surface area (Å²) in [5, 5.41) is 2.06. The Morgan fingerprint density at radius 2 is 1.88 bits per heavy atom. The van der Waals surface area contributed by atoms with Gasteiger partial charge in [-0.25, -0.2) is 8.94 Å². The van der Waals surface area contributed by atoms with E-state index in [0.29, 0.717) is 6.04 Å². The summed E-state index contributed by atoms with van der Waals surface area (Å²) in [5.74, 6) is 0. The topological polar surface area (TPSA) is 39.3 Å². The average Bonchev–Trinajstić information content (AvgIpc) is 3.24. The lowest BCUT2D eigenvalue weighted by atomic mass is 10.0. The fraction of sp³-hybridized carbons (Fsp3) is 0.300. The standard InChI is InChI=1S/C20H19N3OS2/c24-20-14-7-1-3-10-17(14)26-23(20)13-22-12-6-5-9-16(22)19-21-15-8-2-4-11-18(15)25-19/h1-4,7-8,10-11,16H,5-6,9,12-13H2/p+1/t16-/m1/s1. The van der Waals surface area contributed by atoms with Gasteiger partial charge in [0.25, 0.3) is 5.56 Å². The second kappa shape index (κ2) is 6.61. The van der Waals surface area contributed by atoms with Crippen LogP contribution >= 0.6 is 22.9 Å². The molecule has 3 heterocycles. The lowest BCUT2D eigenvalue weighted by molar-refractivity contribution is -0.958. The third-order valence-electron chi connectivity index (χ3n) is 5.24. The highest BCUT2D eigenvalue weighted by atomic mass is 32.1. The Morgan fingerprint density at radius 3 is 2.73 bits per heavy atom. The van der Waals surface area contributed by atoms with Crippen molar-refractivity contribution < 1.29 is 4.90 Å². The normalized spacial score (nSPS) is 20.8. The smallest absolute Gasteiger partial charge is 0.273 e. The molecule has 6 heteroatoms. The number of quaternary nitrogens is 1. The largest absolute Gasteiger partial charge is 0.309 e. The van der Waals surface area contributed by atoms with E-state index in [9.17, 15) is 4.79 Å². The maximum Gasteiger partial charge on any atom is 0.273 e. The molecule has 4 nitrogen and oxygen atoms in total. The van der Waals surface area contributed by atoms with E-state index in [0.717, 1.165) is 35.2 Å². The number of piperidine rings is 1. The van der Waals surface area contributed by atoms with Gasteiger partial charge in [0.15, 0.2) is 11.7 Å². The van der Waals surface area contributed by atoms with Crippen LogP contribution in [0.1, 0.15) is 30.3 Å². The van der Waals surface area contributed by atoms with Crippen LogP contribution in [0.5, 0.6) is 0 Å². The van der Waals surface area contributed by atoms with Crippen molar-refractivity contribution in [1.29, 1.82) is 0 Å². The van der Waals surface area contributed by atoms with E-state index >= 15 is 0 Å². The summed E-state index contributed by atoms with van der Waals surface area (Å²) in [5.41, 5.74) is 1.24. The molecule has 1 N–H and O–H groups in total. The van der Waals surface area contributed by atoms with E-state index in [2.05, 4.69) is 18.2 Å². The van der Waals surface area contributed by atoms with Crippen molar-refractivity contribution in [2.75, 3.05) is 6.54 Å². The lowest BCUT2D eigenvalue weighted by Crippen LogP contribution is -3.12. The molecule has 1 fully saturated rings. The zero-order chi connectivity index (χ0) is 17.5. The van der Waals surface area contributed by atoms with Gasteiger partial charge in [0.2, 0.25) is 0 Å². The van der Waals surface area contributed by atoms with Gasteiger partial charge in [-0.15, -0.1) is 11.3 Å². The summed E-state index contributed by atoms with van der Waals surface area (Å²) in [6.07, 6.45) is 3.61. The Balaban J connectivity index is 1.49. The molecule has 0 radical (unpaired) electrons. The molecule has 0 saturated carbocycles. The Morgan fingerprint density at radius 1 is 1.08 bits per heavy atom. The van der Waals surface area contributed by atoms with Gasteiger partial charge < -0.3 is 4.90 Å². The zero-order valence-electron chi connectivity index (χ0n) is 14.4. The Kier molecular flexibility index (Phi) is 4.11. The number of likely N-dealkylation sites (tertiary alicyclic amines) is 1. The molecule has 1 saturated heterocycles. The molecule has 0 bridgehead atoms. The van der Waals surface area contributed by atoms with E-state index < -0.39 is 0 Å². The van der Waals surface area contributed by atoms with Gasteiger partial charge in [-0.3, -0.25) is 4.79 Å². The first kappa shape index (κ1) is 16.2. The van der Waals surface area contributed by atoms with Crippen molar-refractivity contribution in [1.82, 2.24) is 8.94 Å². The molecule has 2 aromatic heterocycles.